The summed E-state index contributed by atoms with van der Waals surface area (Å²) in [7, 11) is 0. The molecular weight excluding hydrogens is 208 g/mol. The third-order valence-electron chi connectivity index (χ3n) is 4.19. The molecule has 0 bridgehead atoms. The average Bonchev–Trinajstić information content (AvgIpc) is 2.39. The molecule has 0 saturated heterocycles. The van der Waals surface area contributed by atoms with Gasteiger partial charge in [-0.15, -0.1) is 0 Å². The zero-order chi connectivity index (χ0) is 12.6. The summed E-state index contributed by atoms with van der Waals surface area (Å²) in [6.07, 6.45) is 1.09. The molecular formula is C15H22N2. The fourth-order valence-corrected chi connectivity index (χ4v) is 2.41. The summed E-state index contributed by atoms with van der Waals surface area (Å²) in [5, 5.41) is 3.69. The van der Waals surface area contributed by atoms with Crippen molar-refractivity contribution < 1.29 is 0 Å². The number of rotatable bonds is 1. The van der Waals surface area contributed by atoms with Gasteiger partial charge in [0, 0.05) is 17.2 Å². The maximum absolute atomic E-state index is 4.76. The number of benzene rings is 1. The van der Waals surface area contributed by atoms with Crippen LogP contribution in [0.2, 0.25) is 0 Å². The van der Waals surface area contributed by atoms with E-state index in [0.29, 0.717) is 5.92 Å². The lowest BCUT2D eigenvalue weighted by Gasteiger charge is -2.35. The molecule has 2 rings (SSSR count). The summed E-state index contributed by atoms with van der Waals surface area (Å²) >= 11 is 0. The first-order valence-corrected chi connectivity index (χ1v) is 6.40. The number of hydrogen-bond acceptors (Lipinski definition) is 2. The number of nitrogens with zero attached hydrogens (tertiary/aromatic N) is 1. The number of hydrogen-bond donors (Lipinski definition) is 1. The van der Waals surface area contributed by atoms with Crippen molar-refractivity contribution in [1.82, 2.24) is 0 Å². The zero-order valence-corrected chi connectivity index (χ0v) is 11.5. The molecule has 1 aliphatic heterocycles. The maximum Gasteiger partial charge on any atom is 0.0860 e. The van der Waals surface area contributed by atoms with Crippen LogP contribution in [-0.2, 0) is 0 Å². The van der Waals surface area contributed by atoms with Gasteiger partial charge in [-0.2, -0.15) is 0 Å². The Labute approximate surface area is 104 Å². The lowest BCUT2D eigenvalue weighted by Crippen LogP contribution is -2.43. The third-order valence-corrected chi connectivity index (χ3v) is 4.19. The minimum absolute atomic E-state index is 0.0899. The molecule has 92 valence electrons. The highest BCUT2D eigenvalue weighted by Gasteiger charge is 2.33. The van der Waals surface area contributed by atoms with E-state index in [9.17, 15) is 0 Å². The molecule has 2 heteroatoms. The molecule has 0 spiro atoms. The summed E-state index contributed by atoms with van der Waals surface area (Å²) in [5.41, 5.74) is 4.81. The van der Waals surface area contributed by atoms with E-state index in [1.54, 1.807) is 0 Å². The second kappa shape index (κ2) is 4.17. The Morgan fingerprint density at radius 2 is 2.06 bits per heavy atom. The van der Waals surface area contributed by atoms with Crippen molar-refractivity contribution >= 4 is 17.1 Å². The summed E-state index contributed by atoms with van der Waals surface area (Å²) in [4.78, 5) is 4.76. The minimum atomic E-state index is 0.0899. The summed E-state index contributed by atoms with van der Waals surface area (Å²) in [5.74, 6) is 0.445. The van der Waals surface area contributed by atoms with Crippen LogP contribution in [0.4, 0.5) is 11.4 Å². The molecule has 0 amide bonds. The van der Waals surface area contributed by atoms with Crippen molar-refractivity contribution in [2.75, 3.05) is 5.32 Å². The Hall–Kier alpha value is -1.31. The zero-order valence-electron chi connectivity index (χ0n) is 11.5. The van der Waals surface area contributed by atoms with E-state index in [1.165, 1.54) is 11.3 Å². The SMILES string of the molecule is CCC1(C)Nc2cc(C)ccc2N=C(C)C1C. The Bertz CT molecular complexity index is 462. The smallest absolute Gasteiger partial charge is 0.0860 e. The molecule has 0 aliphatic carbocycles. The van der Waals surface area contributed by atoms with Gasteiger partial charge in [-0.3, -0.25) is 4.99 Å². The normalized spacial score (nSPS) is 27.8. The fourth-order valence-electron chi connectivity index (χ4n) is 2.41. The molecule has 1 heterocycles. The van der Waals surface area contributed by atoms with Crippen LogP contribution in [0.1, 0.15) is 39.7 Å². The van der Waals surface area contributed by atoms with Gasteiger partial charge < -0.3 is 5.32 Å². The van der Waals surface area contributed by atoms with Crippen LogP contribution in [0.5, 0.6) is 0 Å². The highest BCUT2D eigenvalue weighted by Crippen LogP contribution is 2.37. The Morgan fingerprint density at radius 1 is 1.35 bits per heavy atom. The second-order valence-electron chi connectivity index (χ2n) is 5.39. The number of nitrogens with one attached hydrogen (secondary N) is 1. The van der Waals surface area contributed by atoms with Crippen molar-refractivity contribution in [1.29, 1.82) is 0 Å². The topological polar surface area (TPSA) is 24.4 Å². The van der Waals surface area contributed by atoms with E-state index in [1.807, 2.05) is 0 Å². The first-order chi connectivity index (χ1) is 7.96. The fraction of sp³-hybridized carbons (Fsp3) is 0.533. The lowest BCUT2D eigenvalue weighted by atomic mass is 9.82. The molecule has 1 aromatic rings. The van der Waals surface area contributed by atoms with Gasteiger partial charge in [0.05, 0.1) is 11.4 Å². The predicted molar refractivity (Wildman–Crippen MR) is 75.4 cm³/mol. The second-order valence-corrected chi connectivity index (χ2v) is 5.39. The van der Waals surface area contributed by atoms with Crippen LogP contribution in [0, 0.1) is 12.8 Å². The molecule has 2 atom stereocenters. The van der Waals surface area contributed by atoms with E-state index >= 15 is 0 Å². The van der Waals surface area contributed by atoms with Gasteiger partial charge in [0.1, 0.15) is 0 Å². The van der Waals surface area contributed by atoms with Crippen molar-refractivity contribution in [2.24, 2.45) is 10.9 Å². The summed E-state index contributed by atoms with van der Waals surface area (Å²) in [6, 6.07) is 6.42. The van der Waals surface area contributed by atoms with Gasteiger partial charge in [0.25, 0.3) is 0 Å². The van der Waals surface area contributed by atoms with Crippen molar-refractivity contribution in [3.8, 4) is 0 Å². The molecule has 2 nitrogen and oxygen atoms in total. The van der Waals surface area contributed by atoms with E-state index < -0.39 is 0 Å². The third kappa shape index (κ3) is 2.08. The number of anilines is 1. The minimum Gasteiger partial charge on any atom is -0.377 e. The molecule has 1 aliphatic rings. The van der Waals surface area contributed by atoms with Gasteiger partial charge in [-0.1, -0.05) is 19.9 Å². The predicted octanol–water partition coefficient (Wildman–Crippen LogP) is 4.32. The van der Waals surface area contributed by atoms with Crippen LogP contribution in [0.3, 0.4) is 0 Å². The van der Waals surface area contributed by atoms with Gasteiger partial charge in [-0.25, -0.2) is 0 Å². The van der Waals surface area contributed by atoms with Crippen LogP contribution >= 0.6 is 0 Å². The van der Waals surface area contributed by atoms with Gasteiger partial charge in [-0.05, 0) is 44.9 Å². The van der Waals surface area contributed by atoms with Crippen LogP contribution < -0.4 is 5.32 Å². The molecule has 1 aromatic carbocycles. The maximum atomic E-state index is 4.76. The Kier molecular flexibility index (Phi) is 2.98. The largest absolute Gasteiger partial charge is 0.377 e. The summed E-state index contributed by atoms with van der Waals surface area (Å²) < 4.78 is 0. The first kappa shape index (κ1) is 12.2. The number of aliphatic imine (C=N–C) groups is 1. The van der Waals surface area contributed by atoms with E-state index in [2.05, 4.69) is 58.1 Å². The monoisotopic (exact) mass is 230 g/mol. The van der Waals surface area contributed by atoms with Crippen LogP contribution in [0.25, 0.3) is 0 Å². The summed E-state index contributed by atoms with van der Waals surface area (Å²) in [6.45, 7) is 11.0. The van der Waals surface area contributed by atoms with Crippen LogP contribution in [-0.4, -0.2) is 11.3 Å². The number of aryl methyl sites for hydroxylation is 1. The van der Waals surface area contributed by atoms with Crippen molar-refractivity contribution in [3.63, 3.8) is 0 Å². The van der Waals surface area contributed by atoms with Gasteiger partial charge >= 0.3 is 0 Å². The lowest BCUT2D eigenvalue weighted by molar-refractivity contribution is 0.415. The van der Waals surface area contributed by atoms with E-state index in [4.69, 9.17) is 4.99 Å². The molecule has 0 aromatic heterocycles. The number of fused-ring (bicyclic) bond motifs is 1. The molecule has 0 fully saturated rings. The molecule has 1 N–H and O–H groups in total. The Morgan fingerprint density at radius 3 is 2.71 bits per heavy atom. The van der Waals surface area contributed by atoms with Crippen molar-refractivity contribution in [2.45, 2.75) is 46.6 Å². The molecule has 17 heavy (non-hydrogen) atoms. The Balaban J connectivity index is 2.55. The standard InChI is InChI=1S/C15H22N2/c1-6-15(5)11(3)12(4)16-13-8-7-10(2)9-14(13)17-15/h7-9,11,17H,6H2,1-5H3. The first-order valence-electron chi connectivity index (χ1n) is 6.40. The van der Waals surface area contributed by atoms with E-state index in [-0.39, 0.29) is 5.54 Å². The average molecular weight is 230 g/mol. The van der Waals surface area contributed by atoms with Gasteiger partial charge in [0.15, 0.2) is 0 Å². The quantitative estimate of drug-likeness (QED) is 0.763. The van der Waals surface area contributed by atoms with Crippen molar-refractivity contribution in [3.05, 3.63) is 23.8 Å². The molecule has 0 saturated carbocycles. The highest BCUT2D eigenvalue weighted by molar-refractivity contribution is 5.91. The molecule has 0 radical (unpaired) electrons. The highest BCUT2D eigenvalue weighted by atomic mass is 15.0. The molecule has 2 unspecified atom stereocenters. The van der Waals surface area contributed by atoms with E-state index in [0.717, 1.165) is 17.8 Å². The van der Waals surface area contributed by atoms with Crippen LogP contribution in [0.15, 0.2) is 23.2 Å². The van der Waals surface area contributed by atoms with Gasteiger partial charge in [0.2, 0.25) is 0 Å².